The average Bonchev–Trinajstić information content (AvgIpc) is 3.90. The minimum Gasteiger partial charge on any atom is -0.497 e. The van der Waals surface area contributed by atoms with Crippen LogP contribution in [0, 0.1) is 23.2 Å². The van der Waals surface area contributed by atoms with Crippen molar-refractivity contribution in [1.82, 2.24) is 4.31 Å². The lowest BCUT2D eigenvalue weighted by Gasteiger charge is -2.30. The number of carboxylic acids is 1. The first-order valence-electron chi connectivity index (χ1n) is 21.4. The molecule has 1 aromatic heterocycles. The molecule has 3 heterocycles. The quantitative estimate of drug-likeness (QED) is 0.0929. The Morgan fingerprint density at radius 3 is 2.37 bits per heavy atom. The number of rotatable bonds is 18. The van der Waals surface area contributed by atoms with Gasteiger partial charge in [-0.2, -0.15) is 4.31 Å². The number of carboxylic acid groups (broad SMARTS) is 1. The normalized spacial score (nSPS) is 21.6. The summed E-state index contributed by atoms with van der Waals surface area (Å²) in [5.41, 5.74) is 3.90. The van der Waals surface area contributed by atoms with E-state index >= 15 is 0 Å². The van der Waals surface area contributed by atoms with E-state index in [1.165, 1.54) is 23.5 Å². The highest BCUT2D eigenvalue weighted by Gasteiger charge is 2.53. The predicted molar refractivity (Wildman–Crippen MR) is 236 cm³/mol. The third kappa shape index (κ3) is 10.2. The molecule has 5 atom stereocenters. The number of thiophene rings is 1. The van der Waals surface area contributed by atoms with E-state index in [4.69, 9.17) is 23.7 Å². The number of ether oxygens (including phenoxy) is 5. The zero-order valence-corrected chi connectivity index (χ0v) is 38.1. The highest BCUT2D eigenvalue weighted by molar-refractivity contribution is 7.89. The molecule has 2 saturated heterocycles. The van der Waals surface area contributed by atoms with Crippen molar-refractivity contribution in [2.45, 2.75) is 103 Å². The van der Waals surface area contributed by atoms with Crippen LogP contribution in [0.1, 0.15) is 85.8 Å². The van der Waals surface area contributed by atoms with E-state index in [0.29, 0.717) is 30.1 Å². The fraction of sp³-hybridized carbons (Fsp3) is 0.500. The van der Waals surface area contributed by atoms with Crippen molar-refractivity contribution >= 4 is 33.3 Å². The van der Waals surface area contributed by atoms with Crippen LogP contribution in [0.15, 0.2) is 77.7 Å². The fourth-order valence-corrected chi connectivity index (χ4v) is 12.0. The Hall–Kier alpha value is -4.31. The van der Waals surface area contributed by atoms with E-state index in [-0.39, 0.29) is 61.3 Å². The Kier molecular flexibility index (Phi) is 13.9. The molecule has 0 unspecified atom stereocenters. The highest BCUT2D eigenvalue weighted by Crippen LogP contribution is 2.46. The minimum atomic E-state index is -4.03. The molecule has 2 aliphatic heterocycles. The van der Waals surface area contributed by atoms with Gasteiger partial charge in [0.1, 0.15) is 24.2 Å². The summed E-state index contributed by atoms with van der Waals surface area (Å²) in [6.45, 7) is 10.9. The summed E-state index contributed by atoms with van der Waals surface area (Å²) in [7, 11) is -2.52. The van der Waals surface area contributed by atoms with Crippen molar-refractivity contribution in [3.05, 3.63) is 99.9 Å². The van der Waals surface area contributed by atoms with Gasteiger partial charge in [0.25, 0.3) is 0 Å². The fourth-order valence-electron chi connectivity index (χ4n) is 9.01. The highest BCUT2D eigenvalue weighted by atomic mass is 32.2. The Morgan fingerprint density at radius 2 is 1.68 bits per heavy atom. The molecular formula is C48H59NO11S2. The summed E-state index contributed by atoms with van der Waals surface area (Å²) in [4.78, 5) is 28.3. The molecule has 12 nitrogen and oxygen atoms in total. The first kappa shape index (κ1) is 45.7. The van der Waals surface area contributed by atoms with Crippen molar-refractivity contribution in [1.29, 1.82) is 0 Å². The largest absolute Gasteiger partial charge is 0.497 e. The number of aryl methyl sites for hydroxylation is 1. The lowest BCUT2D eigenvalue weighted by Crippen LogP contribution is -2.43. The van der Waals surface area contributed by atoms with Crippen molar-refractivity contribution in [2.24, 2.45) is 23.2 Å². The summed E-state index contributed by atoms with van der Waals surface area (Å²) in [5, 5.41) is 22.3. The lowest BCUT2D eigenvalue weighted by molar-refractivity contribution is -0.181. The number of aromatic carboxylic acids is 1. The molecule has 0 amide bonds. The molecule has 3 aliphatic rings. The SMILES string of the molecule is COc1ccc(S(=O)(=O)N(CC(C)C)C[C@@H](O)[C@@H](CC(=O)O[C@H]2CO[C@@]3(C)OCC[C@@H]23)Cc2ccc(OCc3ccccc3-c3sc4c(c3C(=O)O)CC(C)(C)CC4)cc2)cc1. The molecule has 0 bridgehead atoms. The molecule has 2 fully saturated rings. The van der Waals surface area contributed by atoms with Crippen LogP contribution in [0.25, 0.3) is 10.4 Å². The maximum Gasteiger partial charge on any atom is 0.337 e. The second-order valence-corrected chi connectivity index (χ2v) is 21.2. The summed E-state index contributed by atoms with van der Waals surface area (Å²) in [6, 6.07) is 21.3. The molecule has 14 heteroatoms. The number of hydrogen-bond donors (Lipinski definition) is 2. The van der Waals surface area contributed by atoms with E-state index in [9.17, 15) is 28.2 Å². The predicted octanol–water partition coefficient (Wildman–Crippen LogP) is 8.17. The monoisotopic (exact) mass is 889 g/mol. The maximum absolute atomic E-state index is 14.0. The van der Waals surface area contributed by atoms with Crippen LogP contribution in [0.2, 0.25) is 0 Å². The van der Waals surface area contributed by atoms with Crippen molar-refractivity contribution in [3.8, 4) is 21.9 Å². The van der Waals surface area contributed by atoms with Crippen LogP contribution in [-0.4, -0.2) is 86.3 Å². The summed E-state index contributed by atoms with van der Waals surface area (Å²) in [5.74, 6) is -1.98. The van der Waals surface area contributed by atoms with E-state index in [0.717, 1.165) is 51.3 Å². The number of carbonyl (C=O) groups is 2. The van der Waals surface area contributed by atoms with Gasteiger partial charge in [0.05, 0.1) is 49.2 Å². The molecule has 4 aromatic rings. The summed E-state index contributed by atoms with van der Waals surface area (Å²) in [6.07, 6.45) is 1.68. The standard InChI is InChI=1S/C48H59NO11S2/c1-30(2)26-49(62(54,55)36-17-15-34(56-6)16-18-36)27-40(50)33(24-43(51)60-41-29-59-48(5)39(41)20-22-58-48)23-31-11-13-35(14-12-31)57-28-32-9-7-8-10-37(32)45-44(46(52)53)38-25-47(3,4)21-19-42(38)61-45/h7-18,30,33,39-41,50H,19-29H2,1-6H3,(H,52,53)/t33-,39+,40-,41+,48-/m1/s1. The first-order valence-corrected chi connectivity index (χ1v) is 23.7. The number of aliphatic hydroxyl groups is 1. The third-order valence-electron chi connectivity index (χ3n) is 12.5. The Labute approximate surface area is 369 Å². The Bertz CT molecular complexity index is 2320. The first-order chi connectivity index (χ1) is 29.5. The van der Waals surface area contributed by atoms with Crippen molar-refractivity contribution in [2.75, 3.05) is 33.4 Å². The second-order valence-electron chi connectivity index (χ2n) is 18.2. The number of benzene rings is 3. The molecule has 0 radical (unpaired) electrons. The van der Waals surface area contributed by atoms with Crippen LogP contribution in [0.5, 0.6) is 11.5 Å². The third-order valence-corrected chi connectivity index (χ3v) is 15.6. The number of aliphatic hydroxyl groups excluding tert-OH is 1. The molecule has 334 valence electrons. The molecule has 7 rings (SSSR count). The van der Waals surface area contributed by atoms with Gasteiger partial charge in [-0.1, -0.05) is 64.1 Å². The van der Waals surface area contributed by atoms with Crippen LogP contribution in [0.3, 0.4) is 0 Å². The molecule has 0 saturated carbocycles. The van der Waals surface area contributed by atoms with Crippen LogP contribution >= 0.6 is 11.3 Å². The number of methoxy groups -OCH3 is 1. The Balaban J connectivity index is 1.08. The van der Waals surface area contributed by atoms with Gasteiger partial charge in [0.15, 0.2) is 5.79 Å². The average molecular weight is 890 g/mol. The second kappa shape index (κ2) is 18.8. The van der Waals surface area contributed by atoms with Crippen molar-refractivity contribution < 1.29 is 51.9 Å². The van der Waals surface area contributed by atoms with Crippen LogP contribution in [-0.2, 0) is 54.9 Å². The minimum absolute atomic E-state index is 0.0386. The molecule has 3 aromatic carbocycles. The van der Waals surface area contributed by atoms with Gasteiger partial charge < -0.3 is 33.9 Å². The van der Waals surface area contributed by atoms with Crippen molar-refractivity contribution in [3.63, 3.8) is 0 Å². The number of fused-ring (bicyclic) bond motifs is 2. The van der Waals surface area contributed by atoms with E-state index < -0.39 is 45.9 Å². The molecule has 0 spiro atoms. The smallest absolute Gasteiger partial charge is 0.337 e. The van der Waals surface area contributed by atoms with E-state index in [2.05, 4.69) is 13.8 Å². The number of nitrogens with zero attached hydrogens (tertiary/aromatic N) is 1. The van der Waals surface area contributed by atoms with Gasteiger partial charge in [0, 0.05) is 28.8 Å². The van der Waals surface area contributed by atoms with E-state index in [1.807, 2.05) is 69.3 Å². The Morgan fingerprint density at radius 1 is 0.968 bits per heavy atom. The van der Waals surface area contributed by atoms with Crippen LogP contribution < -0.4 is 9.47 Å². The van der Waals surface area contributed by atoms with Gasteiger partial charge in [-0.3, -0.25) is 4.79 Å². The number of carbonyl (C=O) groups excluding carboxylic acids is 1. The van der Waals surface area contributed by atoms with E-state index in [1.54, 1.807) is 23.5 Å². The number of esters is 1. The van der Waals surface area contributed by atoms with Gasteiger partial charge in [-0.25, -0.2) is 13.2 Å². The zero-order chi connectivity index (χ0) is 44.4. The maximum atomic E-state index is 14.0. The van der Waals surface area contributed by atoms with Crippen LogP contribution in [0.4, 0.5) is 0 Å². The number of hydrogen-bond acceptors (Lipinski definition) is 11. The lowest BCUT2D eigenvalue weighted by atomic mass is 9.76. The summed E-state index contributed by atoms with van der Waals surface area (Å²) < 4.78 is 58.5. The molecule has 2 N–H and O–H groups in total. The molecular weight excluding hydrogens is 831 g/mol. The van der Waals surface area contributed by atoms with Gasteiger partial charge in [0.2, 0.25) is 10.0 Å². The number of sulfonamides is 1. The topological polar surface area (TPSA) is 158 Å². The molecule has 62 heavy (non-hydrogen) atoms. The van der Waals surface area contributed by atoms with Gasteiger partial charge >= 0.3 is 11.9 Å². The zero-order valence-electron chi connectivity index (χ0n) is 36.4. The molecule has 1 aliphatic carbocycles. The van der Waals surface area contributed by atoms with Gasteiger partial charge in [-0.05, 0) is 109 Å². The summed E-state index contributed by atoms with van der Waals surface area (Å²) >= 11 is 1.57. The van der Waals surface area contributed by atoms with Gasteiger partial charge in [-0.15, -0.1) is 11.3 Å².